The van der Waals surface area contributed by atoms with Crippen molar-refractivity contribution in [1.82, 2.24) is 0 Å². The van der Waals surface area contributed by atoms with Crippen LogP contribution in [0.1, 0.15) is 19.8 Å². The fourth-order valence-corrected chi connectivity index (χ4v) is 3.39. The molecule has 0 saturated heterocycles. The van der Waals surface area contributed by atoms with Gasteiger partial charge in [0.15, 0.2) is 8.32 Å². The first kappa shape index (κ1) is 23.5. The van der Waals surface area contributed by atoms with Gasteiger partial charge in [-0.15, -0.1) is 6.42 Å². The van der Waals surface area contributed by atoms with Crippen LogP contribution in [0.3, 0.4) is 0 Å². The van der Waals surface area contributed by atoms with Crippen LogP contribution < -0.4 is 24.8 Å². The van der Waals surface area contributed by atoms with E-state index in [2.05, 4.69) is 56.9 Å². The zero-order valence-electron chi connectivity index (χ0n) is 12.9. The van der Waals surface area contributed by atoms with E-state index in [-0.39, 0.29) is 46.5 Å². The molecule has 0 saturated carbocycles. The molecule has 2 aliphatic carbocycles. The van der Waals surface area contributed by atoms with Gasteiger partial charge in [0, 0.05) is 6.42 Å². The summed E-state index contributed by atoms with van der Waals surface area (Å²) in [6.45, 7) is 8.63. The normalized spacial score (nSPS) is 23.2. The van der Waals surface area contributed by atoms with Crippen molar-refractivity contribution < 1.29 is 55.7 Å². The zero-order chi connectivity index (χ0) is 13.2. The molecule has 0 aromatic rings. The summed E-state index contributed by atoms with van der Waals surface area (Å²) in [6.07, 6.45) is 15.1. The minimum Gasteiger partial charge on any atom is -1.00 e. The summed E-state index contributed by atoms with van der Waals surface area (Å²) in [5.74, 6) is 0.173. The van der Waals surface area contributed by atoms with Crippen molar-refractivity contribution in [2.45, 2.75) is 45.2 Å². The number of hydrogen-bond donors (Lipinski definition) is 0. The van der Waals surface area contributed by atoms with Crippen LogP contribution in [0, 0.1) is 6.08 Å². The predicted molar refractivity (Wildman–Crippen MR) is 76.3 cm³/mol. The first-order valence-corrected chi connectivity index (χ1v) is 9.83. The van der Waals surface area contributed by atoms with Gasteiger partial charge in [0.05, 0.1) is 0 Å². The Bertz CT molecular complexity index is 453. The predicted octanol–water partition coefficient (Wildman–Crippen LogP) is -1.89. The van der Waals surface area contributed by atoms with E-state index in [1.54, 1.807) is 0 Å². The molecule has 1 atom stereocenters. The van der Waals surface area contributed by atoms with Gasteiger partial charge in [0.2, 0.25) is 5.79 Å². The quantitative estimate of drug-likeness (QED) is 0.323. The third-order valence-electron chi connectivity index (χ3n) is 2.88. The van der Waals surface area contributed by atoms with Crippen LogP contribution in [0.5, 0.6) is 0 Å². The van der Waals surface area contributed by atoms with Crippen molar-refractivity contribution in [2.75, 3.05) is 0 Å². The fourth-order valence-electron chi connectivity index (χ4n) is 2.12. The third kappa shape index (κ3) is 6.47. The van der Waals surface area contributed by atoms with Gasteiger partial charge in [0.25, 0.3) is 0 Å². The fraction of sp³-hybridized carbons (Fsp3) is 0.467. The second-order valence-corrected chi connectivity index (χ2v) is 10.1. The zero-order valence-corrected chi connectivity index (χ0v) is 16.9. The van der Waals surface area contributed by atoms with Crippen molar-refractivity contribution in [1.29, 1.82) is 0 Å². The Kier molecular flexibility index (Phi) is 10.5. The van der Waals surface area contributed by atoms with Crippen molar-refractivity contribution in [3.8, 4) is 0 Å². The molecule has 21 heavy (non-hydrogen) atoms. The van der Waals surface area contributed by atoms with Gasteiger partial charge < -0.3 is 34.0 Å². The summed E-state index contributed by atoms with van der Waals surface area (Å²) >= 11 is 0. The number of rotatable bonds is 4. The molecule has 0 bridgehead atoms. The molecule has 2 rings (SSSR count). The molecule has 0 aromatic heterocycles. The van der Waals surface area contributed by atoms with Crippen LogP contribution in [0.2, 0.25) is 19.6 Å². The summed E-state index contributed by atoms with van der Waals surface area (Å²) in [6, 6.07) is 0. The number of allylic oxidation sites excluding steroid dienone is 5. The first-order valence-electron chi connectivity index (χ1n) is 6.42. The maximum Gasteiger partial charge on any atom is 3.00 e. The molecule has 1 radical (unpaired) electrons. The molecule has 0 aliphatic heterocycles. The average molecular weight is 380 g/mol. The Morgan fingerprint density at radius 1 is 1.19 bits per heavy atom. The van der Waals surface area contributed by atoms with Gasteiger partial charge >= 0.3 is 21.7 Å². The standard InChI is InChI=1S/C15H21O2Si.2ClH.Ti/c1-13-9-7-8-12-15(13,17-18(2,3)4)16-14-10-5-6-11-14;;;/h5,7-10H,6,12H2,1-4H3;2*1H;/q-1;;;+3/p-2. The molecule has 0 spiro atoms. The second-order valence-electron chi connectivity index (χ2n) is 5.70. The molecule has 115 valence electrons. The monoisotopic (exact) mass is 379 g/mol. The van der Waals surface area contributed by atoms with Gasteiger partial charge in [0.1, 0.15) is 0 Å². The summed E-state index contributed by atoms with van der Waals surface area (Å²) in [5.41, 5.74) is 1.13. The molecular formula is C15H21Cl2O2SiTi. The maximum atomic E-state index is 6.34. The van der Waals surface area contributed by atoms with Gasteiger partial charge in [-0.2, -0.15) is 12.2 Å². The van der Waals surface area contributed by atoms with Crippen molar-refractivity contribution in [3.63, 3.8) is 0 Å². The molecule has 0 heterocycles. The van der Waals surface area contributed by atoms with E-state index < -0.39 is 14.1 Å². The molecule has 2 nitrogen and oxygen atoms in total. The second kappa shape index (κ2) is 9.39. The van der Waals surface area contributed by atoms with Crippen molar-refractivity contribution in [2.24, 2.45) is 0 Å². The summed E-state index contributed by atoms with van der Waals surface area (Å²) < 4.78 is 12.5. The number of hydrogen-bond acceptors (Lipinski definition) is 2. The van der Waals surface area contributed by atoms with Gasteiger partial charge in [-0.25, -0.2) is 6.08 Å². The molecule has 1 unspecified atom stereocenters. The SMILES string of the molecule is CC1=CC=CCC1(OC1=[C-]CC=C1)O[Si](C)(C)C.[Cl-].[Cl-].[Ti+3]. The van der Waals surface area contributed by atoms with E-state index in [1.165, 1.54) is 0 Å². The van der Waals surface area contributed by atoms with E-state index in [9.17, 15) is 0 Å². The van der Waals surface area contributed by atoms with Crippen LogP contribution in [-0.4, -0.2) is 14.1 Å². The molecule has 6 heteroatoms. The Balaban J connectivity index is 0. The van der Waals surface area contributed by atoms with Gasteiger partial charge in [-0.3, -0.25) is 0 Å². The Morgan fingerprint density at radius 2 is 1.86 bits per heavy atom. The van der Waals surface area contributed by atoms with E-state index in [0.717, 1.165) is 24.2 Å². The molecule has 2 aliphatic rings. The Morgan fingerprint density at radius 3 is 2.33 bits per heavy atom. The van der Waals surface area contributed by atoms with Crippen LogP contribution in [0.15, 0.2) is 41.7 Å². The van der Waals surface area contributed by atoms with Crippen LogP contribution in [0.25, 0.3) is 0 Å². The smallest absolute Gasteiger partial charge is 1.00 e. The maximum absolute atomic E-state index is 6.34. The van der Waals surface area contributed by atoms with Gasteiger partial charge in [-0.1, -0.05) is 18.2 Å². The third-order valence-corrected chi connectivity index (χ3v) is 3.82. The molecular weight excluding hydrogens is 359 g/mol. The van der Waals surface area contributed by atoms with E-state index in [0.29, 0.717) is 0 Å². The van der Waals surface area contributed by atoms with Crippen LogP contribution in [-0.2, 0) is 30.9 Å². The topological polar surface area (TPSA) is 18.5 Å². The van der Waals surface area contributed by atoms with E-state index >= 15 is 0 Å². The minimum atomic E-state index is -1.70. The molecule has 0 N–H and O–H groups in total. The summed E-state index contributed by atoms with van der Waals surface area (Å²) in [5, 5.41) is 0. The minimum absolute atomic E-state index is 0. The Hall–Kier alpha value is 0.231. The number of ether oxygens (including phenoxy) is 1. The van der Waals surface area contributed by atoms with E-state index in [4.69, 9.17) is 9.16 Å². The van der Waals surface area contributed by atoms with E-state index in [1.807, 2.05) is 6.08 Å². The number of halogens is 2. The molecule has 0 fully saturated rings. The van der Waals surface area contributed by atoms with Crippen LogP contribution in [0.4, 0.5) is 0 Å². The Labute approximate surface area is 156 Å². The van der Waals surface area contributed by atoms with Crippen molar-refractivity contribution in [3.05, 3.63) is 47.8 Å². The molecule has 0 aromatic carbocycles. The van der Waals surface area contributed by atoms with Gasteiger partial charge in [-0.05, 0) is 37.9 Å². The van der Waals surface area contributed by atoms with Crippen LogP contribution >= 0.6 is 0 Å². The summed E-state index contributed by atoms with van der Waals surface area (Å²) in [4.78, 5) is 0. The molecule has 0 amide bonds. The average Bonchev–Trinajstić information content (AvgIpc) is 2.73. The largest absolute Gasteiger partial charge is 3.00 e. The van der Waals surface area contributed by atoms with Crippen molar-refractivity contribution >= 4 is 8.32 Å². The summed E-state index contributed by atoms with van der Waals surface area (Å²) in [7, 11) is -1.70. The first-order chi connectivity index (χ1) is 8.41.